The molecule has 0 spiro atoms. The molecular formula is C17H16N4O3S. The number of carbonyl (C=O) groups is 1. The van der Waals surface area contributed by atoms with Crippen molar-refractivity contribution in [3.8, 4) is 11.3 Å². The number of ether oxygens (including phenoxy) is 1. The Morgan fingerprint density at radius 2 is 2.24 bits per heavy atom. The van der Waals surface area contributed by atoms with Crippen LogP contribution < -0.4 is 5.48 Å². The number of imidazole rings is 1. The van der Waals surface area contributed by atoms with E-state index in [4.69, 9.17) is 9.57 Å². The SMILES string of the molecule is CC(=O)OCC1N=C(c2cccc(-c3cn4cc(C)sc4n3)c2)NO1. The van der Waals surface area contributed by atoms with Crippen molar-refractivity contribution < 1.29 is 14.4 Å². The van der Waals surface area contributed by atoms with Crippen LogP contribution >= 0.6 is 11.3 Å². The van der Waals surface area contributed by atoms with Crippen LogP contribution in [0, 0.1) is 6.92 Å². The first-order valence-electron chi connectivity index (χ1n) is 7.77. The molecule has 0 bridgehead atoms. The molecular weight excluding hydrogens is 340 g/mol. The lowest BCUT2D eigenvalue weighted by atomic mass is 10.1. The van der Waals surface area contributed by atoms with E-state index >= 15 is 0 Å². The molecule has 7 nitrogen and oxygen atoms in total. The van der Waals surface area contributed by atoms with E-state index in [9.17, 15) is 4.79 Å². The van der Waals surface area contributed by atoms with Gasteiger partial charge in [-0.1, -0.05) is 18.2 Å². The molecule has 4 rings (SSSR count). The molecule has 0 fully saturated rings. The van der Waals surface area contributed by atoms with Crippen molar-refractivity contribution in [2.24, 2.45) is 4.99 Å². The van der Waals surface area contributed by atoms with E-state index in [1.54, 1.807) is 11.3 Å². The number of amidine groups is 1. The van der Waals surface area contributed by atoms with E-state index in [2.05, 4.69) is 28.6 Å². The molecule has 3 aromatic rings. The van der Waals surface area contributed by atoms with Crippen LogP contribution in [0.1, 0.15) is 17.4 Å². The van der Waals surface area contributed by atoms with E-state index in [-0.39, 0.29) is 12.6 Å². The summed E-state index contributed by atoms with van der Waals surface area (Å²) in [6.07, 6.45) is 3.54. The number of rotatable bonds is 4. The van der Waals surface area contributed by atoms with Crippen molar-refractivity contribution in [3.63, 3.8) is 0 Å². The molecule has 1 aliphatic heterocycles. The predicted octanol–water partition coefficient (Wildman–Crippen LogP) is 2.54. The number of fused-ring (bicyclic) bond motifs is 1. The molecule has 0 amide bonds. The number of aromatic nitrogens is 2. The molecule has 1 unspecified atom stereocenters. The molecule has 0 saturated carbocycles. The number of carbonyl (C=O) groups excluding carboxylic acids is 1. The van der Waals surface area contributed by atoms with E-state index < -0.39 is 6.23 Å². The summed E-state index contributed by atoms with van der Waals surface area (Å²) in [5.74, 6) is 0.250. The Kier molecular flexibility index (Phi) is 3.98. The number of nitrogens with zero attached hydrogens (tertiary/aromatic N) is 3. The zero-order valence-electron chi connectivity index (χ0n) is 13.7. The third-order valence-electron chi connectivity index (χ3n) is 3.70. The predicted molar refractivity (Wildman–Crippen MR) is 94.4 cm³/mol. The number of benzene rings is 1. The molecule has 1 aliphatic rings. The minimum atomic E-state index is -0.538. The molecule has 128 valence electrons. The third-order valence-corrected chi connectivity index (χ3v) is 4.61. The topological polar surface area (TPSA) is 77.2 Å². The van der Waals surface area contributed by atoms with Crippen LogP contribution in [0.4, 0.5) is 0 Å². The summed E-state index contributed by atoms with van der Waals surface area (Å²) >= 11 is 1.66. The van der Waals surface area contributed by atoms with Gasteiger partial charge >= 0.3 is 5.97 Å². The summed E-state index contributed by atoms with van der Waals surface area (Å²) in [5.41, 5.74) is 5.58. The Morgan fingerprint density at radius 1 is 1.40 bits per heavy atom. The number of nitrogens with one attached hydrogen (secondary N) is 1. The third kappa shape index (κ3) is 3.26. The van der Waals surface area contributed by atoms with Crippen LogP contribution in [0.3, 0.4) is 0 Å². The lowest BCUT2D eigenvalue weighted by molar-refractivity contribution is -0.145. The molecule has 8 heteroatoms. The second-order valence-electron chi connectivity index (χ2n) is 5.69. The summed E-state index contributed by atoms with van der Waals surface area (Å²) in [6.45, 7) is 3.51. The van der Waals surface area contributed by atoms with Gasteiger partial charge in [-0.05, 0) is 13.0 Å². The van der Waals surface area contributed by atoms with Gasteiger partial charge in [0.25, 0.3) is 0 Å². The van der Waals surface area contributed by atoms with Gasteiger partial charge < -0.3 is 4.74 Å². The summed E-state index contributed by atoms with van der Waals surface area (Å²) < 4.78 is 6.95. The highest BCUT2D eigenvalue weighted by molar-refractivity contribution is 7.17. The van der Waals surface area contributed by atoms with Gasteiger partial charge in [0.2, 0.25) is 6.23 Å². The lowest BCUT2D eigenvalue weighted by Crippen LogP contribution is -2.22. The minimum absolute atomic E-state index is 0.0855. The fourth-order valence-electron chi connectivity index (χ4n) is 2.59. The number of hydrogen-bond donors (Lipinski definition) is 1. The Hall–Kier alpha value is -2.71. The van der Waals surface area contributed by atoms with E-state index in [1.807, 2.05) is 34.9 Å². The average molecular weight is 356 g/mol. The van der Waals surface area contributed by atoms with Crippen LogP contribution in [0.15, 0.2) is 41.7 Å². The summed E-state index contributed by atoms with van der Waals surface area (Å²) in [4.78, 5) is 27.4. The van der Waals surface area contributed by atoms with Crippen molar-refractivity contribution in [3.05, 3.63) is 47.1 Å². The van der Waals surface area contributed by atoms with Gasteiger partial charge in [-0.15, -0.1) is 11.3 Å². The number of thiazole rings is 1. The molecule has 3 heterocycles. The minimum Gasteiger partial charge on any atom is -0.461 e. The highest BCUT2D eigenvalue weighted by Gasteiger charge is 2.20. The zero-order chi connectivity index (χ0) is 17.4. The van der Waals surface area contributed by atoms with Crippen molar-refractivity contribution in [2.45, 2.75) is 20.1 Å². The zero-order valence-corrected chi connectivity index (χ0v) is 14.5. The average Bonchev–Trinajstić information content (AvgIpc) is 3.27. The van der Waals surface area contributed by atoms with Crippen molar-refractivity contribution in [1.29, 1.82) is 0 Å². The molecule has 25 heavy (non-hydrogen) atoms. The number of hydroxylamine groups is 1. The number of esters is 1. The summed E-state index contributed by atoms with van der Waals surface area (Å²) in [5, 5.41) is 0. The quantitative estimate of drug-likeness (QED) is 0.727. The van der Waals surface area contributed by atoms with E-state index in [0.29, 0.717) is 5.84 Å². The molecule has 1 N–H and O–H groups in total. The maximum Gasteiger partial charge on any atom is 0.302 e. The first-order chi connectivity index (χ1) is 12.1. The van der Waals surface area contributed by atoms with Crippen LogP contribution in [-0.2, 0) is 14.4 Å². The normalized spacial score (nSPS) is 16.7. The Balaban J connectivity index is 1.58. The molecule has 1 aromatic carbocycles. The lowest BCUT2D eigenvalue weighted by Gasteiger charge is -2.05. The van der Waals surface area contributed by atoms with Crippen LogP contribution in [0.25, 0.3) is 16.2 Å². The summed E-state index contributed by atoms with van der Waals surface area (Å²) in [7, 11) is 0. The molecule has 0 aliphatic carbocycles. The van der Waals surface area contributed by atoms with Gasteiger partial charge in [-0.25, -0.2) is 20.3 Å². The number of hydrogen-bond acceptors (Lipinski definition) is 7. The van der Waals surface area contributed by atoms with Crippen LogP contribution in [-0.4, -0.2) is 34.0 Å². The van der Waals surface area contributed by atoms with Crippen LogP contribution in [0.2, 0.25) is 0 Å². The molecule has 0 saturated heterocycles. The largest absolute Gasteiger partial charge is 0.461 e. The van der Waals surface area contributed by atoms with Gasteiger partial charge in [0.05, 0.1) is 5.69 Å². The van der Waals surface area contributed by atoms with Gasteiger partial charge in [0, 0.05) is 35.3 Å². The Bertz CT molecular complexity index is 944. The first-order valence-corrected chi connectivity index (χ1v) is 8.59. The monoisotopic (exact) mass is 356 g/mol. The van der Waals surface area contributed by atoms with Gasteiger partial charge in [0.15, 0.2) is 10.8 Å². The van der Waals surface area contributed by atoms with E-state index in [1.165, 1.54) is 11.8 Å². The molecule has 1 atom stereocenters. The fraction of sp³-hybridized carbons (Fsp3) is 0.235. The fourth-order valence-corrected chi connectivity index (χ4v) is 3.40. The highest BCUT2D eigenvalue weighted by Crippen LogP contribution is 2.24. The first kappa shape index (κ1) is 15.8. The number of aryl methyl sites for hydroxylation is 1. The molecule has 0 radical (unpaired) electrons. The van der Waals surface area contributed by atoms with Crippen molar-refractivity contribution >= 4 is 28.1 Å². The van der Waals surface area contributed by atoms with Crippen molar-refractivity contribution in [2.75, 3.05) is 6.61 Å². The van der Waals surface area contributed by atoms with Gasteiger partial charge in [-0.2, -0.15) is 0 Å². The molecule has 2 aromatic heterocycles. The van der Waals surface area contributed by atoms with E-state index in [0.717, 1.165) is 21.8 Å². The second-order valence-corrected chi connectivity index (χ2v) is 6.91. The number of aliphatic imine (C=N–C) groups is 1. The maximum atomic E-state index is 10.9. The standard InChI is InChI=1S/C17H16N4O3S/c1-10-7-21-8-14(18-17(21)25-10)12-4-3-5-13(6-12)16-19-15(24-20-16)9-23-11(2)22/h3-8,15H,9H2,1-2H3,(H,19,20). The second kappa shape index (κ2) is 6.30. The van der Waals surface area contributed by atoms with Gasteiger partial charge in [0.1, 0.15) is 6.61 Å². The Morgan fingerprint density at radius 3 is 3.04 bits per heavy atom. The highest BCUT2D eigenvalue weighted by atomic mass is 32.1. The maximum absolute atomic E-state index is 10.9. The van der Waals surface area contributed by atoms with Crippen LogP contribution in [0.5, 0.6) is 0 Å². The van der Waals surface area contributed by atoms with Crippen molar-refractivity contribution in [1.82, 2.24) is 14.9 Å². The summed E-state index contributed by atoms with van der Waals surface area (Å²) in [6, 6.07) is 7.90. The Labute approximate surface area is 147 Å². The smallest absolute Gasteiger partial charge is 0.302 e. The van der Waals surface area contributed by atoms with Gasteiger partial charge in [-0.3, -0.25) is 9.20 Å².